The fourth-order valence-corrected chi connectivity index (χ4v) is 1.51. The zero-order valence-electron chi connectivity index (χ0n) is 9.58. The maximum Gasteiger partial charge on any atom is 0.122 e. The van der Waals surface area contributed by atoms with E-state index in [-0.39, 0.29) is 6.54 Å². The first-order valence-corrected chi connectivity index (χ1v) is 5.15. The van der Waals surface area contributed by atoms with Crippen LogP contribution in [0.4, 0.5) is 0 Å². The van der Waals surface area contributed by atoms with E-state index in [1.165, 1.54) is 0 Å². The third-order valence-electron chi connectivity index (χ3n) is 2.68. The van der Waals surface area contributed by atoms with Gasteiger partial charge in [0.1, 0.15) is 5.75 Å². The molecule has 0 bridgehead atoms. The van der Waals surface area contributed by atoms with Crippen molar-refractivity contribution in [3.8, 4) is 5.75 Å². The quantitative estimate of drug-likeness (QED) is 0.788. The second-order valence-electron chi connectivity index (χ2n) is 3.86. The maximum atomic E-state index is 10.0. The molecule has 0 heterocycles. The Bertz CT molecular complexity index is 334. The number of methoxy groups -OCH3 is 1. The first kappa shape index (κ1) is 12.0. The van der Waals surface area contributed by atoms with Gasteiger partial charge in [-0.25, -0.2) is 0 Å². The minimum Gasteiger partial charge on any atom is -0.496 e. The molecule has 0 aliphatic carbocycles. The molecular weight excluding hydrogens is 190 g/mol. The van der Waals surface area contributed by atoms with E-state index >= 15 is 0 Å². The van der Waals surface area contributed by atoms with Gasteiger partial charge in [0.2, 0.25) is 0 Å². The zero-order chi connectivity index (χ0) is 11.5. The highest BCUT2D eigenvalue weighted by molar-refractivity contribution is 5.39. The predicted octanol–water partition coefficient (Wildman–Crippen LogP) is 1.42. The number of aryl methyl sites for hydroxylation is 1. The molecule has 1 atom stereocenters. The third-order valence-corrected chi connectivity index (χ3v) is 2.68. The molecule has 3 N–H and O–H groups in total. The van der Waals surface area contributed by atoms with E-state index in [1.54, 1.807) is 14.0 Å². The minimum atomic E-state index is -0.962. The number of nitrogens with two attached hydrogens (primary N) is 1. The van der Waals surface area contributed by atoms with Gasteiger partial charge in [0.15, 0.2) is 0 Å². The zero-order valence-corrected chi connectivity index (χ0v) is 9.58. The molecule has 0 saturated carbocycles. The first-order chi connectivity index (χ1) is 7.05. The molecule has 3 heteroatoms. The molecule has 0 amide bonds. The highest BCUT2D eigenvalue weighted by atomic mass is 16.5. The number of ether oxygens (including phenoxy) is 1. The van der Waals surface area contributed by atoms with Crippen LogP contribution in [0, 0.1) is 0 Å². The number of benzene rings is 1. The van der Waals surface area contributed by atoms with Crippen LogP contribution in [0.25, 0.3) is 0 Å². The van der Waals surface area contributed by atoms with Gasteiger partial charge in [0.05, 0.1) is 12.7 Å². The van der Waals surface area contributed by atoms with Crippen LogP contribution in [0.1, 0.15) is 25.0 Å². The Morgan fingerprint density at radius 2 is 2.13 bits per heavy atom. The van der Waals surface area contributed by atoms with Crippen LogP contribution in [-0.2, 0) is 12.0 Å². The van der Waals surface area contributed by atoms with Crippen molar-refractivity contribution in [3.05, 3.63) is 29.3 Å². The molecule has 0 aromatic heterocycles. The molecule has 0 fully saturated rings. The topological polar surface area (TPSA) is 55.5 Å². The second-order valence-corrected chi connectivity index (χ2v) is 3.86. The lowest BCUT2D eigenvalue weighted by atomic mass is 9.93. The lowest BCUT2D eigenvalue weighted by Gasteiger charge is -2.22. The molecule has 0 aliphatic rings. The van der Waals surface area contributed by atoms with E-state index < -0.39 is 5.60 Å². The SMILES string of the molecule is CCc1cc(C(C)(O)CN)ccc1OC. The van der Waals surface area contributed by atoms with Gasteiger partial charge in [-0.15, -0.1) is 0 Å². The summed E-state index contributed by atoms with van der Waals surface area (Å²) in [5.74, 6) is 0.856. The van der Waals surface area contributed by atoms with Gasteiger partial charge in [-0.2, -0.15) is 0 Å². The predicted molar refractivity (Wildman–Crippen MR) is 61.0 cm³/mol. The van der Waals surface area contributed by atoms with E-state index in [0.717, 1.165) is 23.3 Å². The summed E-state index contributed by atoms with van der Waals surface area (Å²) >= 11 is 0. The first-order valence-electron chi connectivity index (χ1n) is 5.15. The summed E-state index contributed by atoms with van der Waals surface area (Å²) in [5.41, 5.74) is 6.48. The van der Waals surface area contributed by atoms with Crippen LogP contribution < -0.4 is 10.5 Å². The van der Waals surface area contributed by atoms with Crippen LogP contribution in [0.15, 0.2) is 18.2 Å². The molecule has 0 spiro atoms. The molecule has 0 aliphatic heterocycles. The average Bonchev–Trinajstić information content (AvgIpc) is 2.28. The van der Waals surface area contributed by atoms with E-state index in [9.17, 15) is 5.11 Å². The van der Waals surface area contributed by atoms with Gasteiger partial charge < -0.3 is 15.6 Å². The molecule has 0 radical (unpaired) electrons. The Balaban J connectivity index is 3.13. The lowest BCUT2D eigenvalue weighted by Crippen LogP contribution is -2.31. The van der Waals surface area contributed by atoms with Crippen molar-refractivity contribution in [2.75, 3.05) is 13.7 Å². The molecule has 15 heavy (non-hydrogen) atoms. The van der Waals surface area contributed by atoms with Gasteiger partial charge in [0.25, 0.3) is 0 Å². The Labute approximate surface area is 90.9 Å². The molecule has 3 nitrogen and oxygen atoms in total. The van der Waals surface area contributed by atoms with Crippen LogP contribution in [0.3, 0.4) is 0 Å². The molecule has 1 unspecified atom stereocenters. The Kier molecular flexibility index (Phi) is 3.72. The standard InChI is InChI=1S/C12H19NO2/c1-4-9-7-10(12(2,14)8-13)5-6-11(9)15-3/h5-7,14H,4,8,13H2,1-3H3. The van der Waals surface area contributed by atoms with Gasteiger partial charge in [-0.1, -0.05) is 13.0 Å². The van der Waals surface area contributed by atoms with Gasteiger partial charge in [-0.05, 0) is 36.6 Å². The molecule has 1 aromatic rings. The molecular formula is C12H19NO2. The summed E-state index contributed by atoms with van der Waals surface area (Å²) in [7, 11) is 1.65. The lowest BCUT2D eigenvalue weighted by molar-refractivity contribution is 0.0667. The molecule has 84 valence electrons. The smallest absolute Gasteiger partial charge is 0.122 e. The summed E-state index contributed by atoms with van der Waals surface area (Å²) in [4.78, 5) is 0. The summed E-state index contributed by atoms with van der Waals surface area (Å²) in [6.07, 6.45) is 0.873. The minimum absolute atomic E-state index is 0.211. The number of hydrogen-bond donors (Lipinski definition) is 2. The van der Waals surface area contributed by atoms with E-state index in [1.807, 2.05) is 18.2 Å². The van der Waals surface area contributed by atoms with Crippen LogP contribution in [-0.4, -0.2) is 18.8 Å². The monoisotopic (exact) mass is 209 g/mol. The Hall–Kier alpha value is -1.06. The van der Waals surface area contributed by atoms with Crippen LogP contribution >= 0.6 is 0 Å². The van der Waals surface area contributed by atoms with E-state index in [0.29, 0.717) is 0 Å². The number of hydrogen-bond acceptors (Lipinski definition) is 3. The summed E-state index contributed by atoms with van der Waals surface area (Å²) in [5, 5.41) is 10.0. The fraction of sp³-hybridized carbons (Fsp3) is 0.500. The van der Waals surface area contributed by atoms with Crippen molar-refractivity contribution in [2.45, 2.75) is 25.9 Å². The normalized spacial score (nSPS) is 14.7. The molecule has 0 saturated heterocycles. The van der Waals surface area contributed by atoms with Crippen molar-refractivity contribution >= 4 is 0 Å². The van der Waals surface area contributed by atoms with E-state index in [2.05, 4.69) is 6.92 Å². The average molecular weight is 209 g/mol. The Morgan fingerprint density at radius 1 is 1.47 bits per heavy atom. The van der Waals surface area contributed by atoms with Crippen molar-refractivity contribution in [2.24, 2.45) is 5.73 Å². The maximum absolute atomic E-state index is 10.0. The van der Waals surface area contributed by atoms with Crippen molar-refractivity contribution in [1.29, 1.82) is 0 Å². The Morgan fingerprint density at radius 3 is 2.60 bits per heavy atom. The summed E-state index contributed by atoms with van der Waals surface area (Å²) < 4.78 is 5.22. The fourth-order valence-electron chi connectivity index (χ4n) is 1.51. The van der Waals surface area contributed by atoms with Gasteiger partial charge >= 0.3 is 0 Å². The van der Waals surface area contributed by atoms with Crippen molar-refractivity contribution < 1.29 is 9.84 Å². The highest BCUT2D eigenvalue weighted by Crippen LogP contribution is 2.26. The number of aliphatic hydroxyl groups is 1. The van der Waals surface area contributed by atoms with Gasteiger partial charge in [-0.3, -0.25) is 0 Å². The van der Waals surface area contributed by atoms with Gasteiger partial charge in [0, 0.05) is 6.54 Å². The summed E-state index contributed by atoms with van der Waals surface area (Å²) in [6, 6.07) is 5.68. The van der Waals surface area contributed by atoms with Crippen LogP contribution in [0.2, 0.25) is 0 Å². The largest absolute Gasteiger partial charge is 0.496 e. The van der Waals surface area contributed by atoms with Crippen molar-refractivity contribution in [1.82, 2.24) is 0 Å². The molecule has 1 aromatic carbocycles. The van der Waals surface area contributed by atoms with Crippen LogP contribution in [0.5, 0.6) is 5.75 Å². The highest BCUT2D eigenvalue weighted by Gasteiger charge is 2.21. The summed E-state index contributed by atoms with van der Waals surface area (Å²) in [6.45, 7) is 3.98. The van der Waals surface area contributed by atoms with E-state index in [4.69, 9.17) is 10.5 Å². The van der Waals surface area contributed by atoms with Crippen molar-refractivity contribution in [3.63, 3.8) is 0 Å². The second kappa shape index (κ2) is 4.64. The molecule has 1 rings (SSSR count). The number of rotatable bonds is 4. The third kappa shape index (κ3) is 2.49.